The number of benzene rings is 1. The van der Waals surface area contributed by atoms with Gasteiger partial charge in [0.2, 0.25) is 5.89 Å². The summed E-state index contributed by atoms with van der Waals surface area (Å²) in [5.41, 5.74) is 2.99. The van der Waals surface area contributed by atoms with Gasteiger partial charge in [-0.2, -0.15) is 0 Å². The van der Waals surface area contributed by atoms with Gasteiger partial charge in [-0.25, -0.2) is 9.98 Å². The third kappa shape index (κ3) is 6.35. The molecule has 3 rings (SSSR count). The third-order valence-corrected chi connectivity index (χ3v) is 4.45. The van der Waals surface area contributed by atoms with E-state index in [0.717, 1.165) is 63.0 Å². The fourth-order valence-corrected chi connectivity index (χ4v) is 2.88. The zero-order valence-corrected chi connectivity index (χ0v) is 16.7. The summed E-state index contributed by atoms with van der Waals surface area (Å²) < 4.78 is 16.7. The first-order valence-corrected chi connectivity index (χ1v) is 9.97. The van der Waals surface area contributed by atoms with Gasteiger partial charge in [0.05, 0.1) is 19.3 Å². The molecule has 2 aromatic rings. The van der Waals surface area contributed by atoms with Crippen molar-refractivity contribution in [3.8, 4) is 11.5 Å². The molecule has 0 aliphatic carbocycles. The van der Waals surface area contributed by atoms with E-state index < -0.39 is 0 Å². The molecule has 1 aromatic heterocycles. The Hall–Kier alpha value is -2.38. The molecule has 0 amide bonds. The number of rotatable bonds is 9. The van der Waals surface area contributed by atoms with E-state index in [0.29, 0.717) is 12.4 Å². The summed E-state index contributed by atoms with van der Waals surface area (Å²) in [4.78, 5) is 9.13. The minimum Gasteiger partial charge on any atom is -0.444 e. The van der Waals surface area contributed by atoms with Crippen LogP contribution in [0.25, 0.3) is 11.5 Å². The maximum atomic E-state index is 5.78. The molecule has 1 aromatic carbocycles. The summed E-state index contributed by atoms with van der Waals surface area (Å²) >= 11 is 0. The lowest BCUT2D eigenvalue weighted by Gasteiger charge is -2.12. The predicted octanol–water partition coefficient (Wildman–Crippen LogP) is 2.90. The summed E-state index contributed by atoms with van der Waals surface area (Å²) in [6, 6.07) is 8.13. The van der Waals surface area contributed by atoms with E-state index in [1.807, 2.05) is 31.2 Å². The lowest BCUT2D eigenvalue weighted by molar-refractivity contribution is 0.0420. The Morgan fingerprint density at radius 3 is 2.89 bits per heavy atom. The van der Waals surface area contributed by atoms with Crippen LogP contribution in [0.4, 0.5) is 0 Å². The van der Waals surface area contributed by atoms with Crippen LogP contribution in [0.1, 0.15) is 31.0 Å². The molecule has 7 nitrogen and oxygen atoms in total. The monoisotopic (exact) mass is 386 g/mol. The predicted molar refractivity (Wildman–Crippen MR) is 109 cm³/mol. The number of hydrogen-bond donors (Lipinski definition) is 2. The Kier molecular flexibility index (Phi) is 7.87. The molecule has 28 heavy (non-hydrogen) atoms. The first kappa shape index (κ1) is 20.4. The zero-order chi connectivity index (χ0) is 19.6. The lowest BCUT2D eigenvalue weighted by Crippen LogP contribution is -2.38. The minimum absolute atomic E-state index is 0.261. The Labute approximate surface area is 166 Å². The number of ether oxygens (including phenoxy) is 2. The number of aryl methyl sites for hydroxylation is 1. The molecule has 1 unspecified atom stereocenters. The molecular formula is C21H30N4O3. The van der Waals surface area contributed by atoms with Crippen molar-refractivity contribution in [3.05, 3.63) is 41.8 Å². The van der Waals surface area contributed by atoms with Crippen molar-refractivity contribution in [3.63, 3.8) is 0 Å². The summed E-state index contributed by atoms with van der Waals surface area (Å²) in [6.07, 6.45) is 3.85. The van der Waals surface area contributed by atoms with Gasteiger partial charge in [-0.3, -0.25) is 0 Å². The molecular weight excluding hydrogens is 356 g/mol. The van der Waals surface area contributed by atoms with Gasteiger partial charge in [-0.15, -0.1) is 0 Å². The highest BCUT2D eigenvalue weighted by molar-refractivity contribution is 5.79. The average Bonchev–Trinajstić information content (AvgIpc) is 3.38. The van der Waals surface area contributed by atoms with Crippen molar-refractivity contribution in [2.24, 2.45) is 4.99 Å². The quantitative estimate of drug-likeness (QED) is 0.392. The van der Waals surface area contributed by atoms with E-state index in [-0.39, 0.29) is 6.10 Å². The van der Waals surface area contributed by atoms with E-state index in [1.165, 1.54) is 5.56 Å². The lowest BCUT2D eigenvalue weighted by atomic mass is 10.1. The number of aliphatic imine (C=N–C) groups is 1. The number of nitrogens with one attached hydrogen (secondary N) is 2. The van der Waals surface area contributed by atoms with Crippen LogP contribution in [0.3, 0.4) is 0 Å². The van der Waals surface area contributed by atoms with E-state index in [4.69, 9.17) is 13.9 Å². The molecule has 0 radical (unpaired) electrons. The molecule has 1 aliphatic rings. The minimum atomic E-state index is 0.261. The Morgan fingerprint density at radius 1 is 1.29 bits per heavy atom. The smallest absolute Gasteiger partial charge is 0.226 e. The SMILES string of the molecule is CCNC(=NCc1coc(-c2ccc(C)cc2)n1)NCCCOC1CCOC1. The average molecular weight is 386 g/mol. The second-order valence-corrected chi connectivity index (χ2v) is 6.84. The number of oxazole rings is 1. The standard InChI is InChI=1S/C21H30N4O3/c1-3-22-21(23-10-4-11-27-19-9-12-26-15-19)24-13-18-14-28-20(25-18)17-7-5-16(2)6-8-17/h5-8,14,19H,3-4,9-13,15H2,1-2H3,(H2,22,23,24). The number of guanidine groups is 1. The van der Waals surface area contributed by atoms with Gasteiger partial charge in [-0.05, 0) is 38.8 Å². The number of aromatic nitrogens is 1. The van der Waals surface area contributed by atoms with Crippen molar-refractivity contribution in [1.29, 1.82) is 0 Å². The number of hydrogen-bond acceptors (Lipinski definition) is 5. The van der Waals surface area contributed by atoms with Gasteiger partial charge in [0, 0.05) is 31.9 Å². The van der Waals surface area contributed by atoms with Crippen molar-refractivity contribution in [2.75, 3.05) is 32.9 Å². The van der Waals surface area contributed by atoms with Crippen LogP contribution >= 0.6 is 0 Å². The van der Waals surface area contributed by atoms with E-state index in [2.05, 4.69) is 27.5 Å². The van der Waals surface area contributed by atoms with Crippen LogP contribution in [0.2, 0.25) is 0 Å². The maximum absolute atomic E-state index is 5.78. The summed E-state index contributed by atoms with van der Waals surface area (Å²) in [5, 5.41) is 6.58. The van der Waals surface area contributed by atoms with E-state index >= 15 is 0 Å². The zero-order valence-electron chi connectivity index (χ0n) is 16.7. The molecule has 0 spiro atoms. The summed E-state index contributed by atoms with van der Waals surface area (Å²) in [7, 11) is 0. The molecule has 2 N–H and O–H groups in total. The fourth-order valence-electron chi connectivity index (χ4n) is 2.88. The van der Waals surface area contributed by atoms with Crippen LogP contribution in [0.15, 0.2) is 39.9 Å². The highest BCUT2D eigenvalue weighted by Gasteiger charge is 2.15. The second-order valence-electron chi connectivity index (χ2n) is 6.84. The van der Waals surface area contributed by atoms with Crippen LogP contribution in [-0.2, 0) is 16.0 Å². The van der Waals surface area contributed by atoms with Gasteiger partial charge in [0.25, 0.3) is 0 Å². The van der Waals surface area contributed by atoms with Crippen LogP contribution in [0.5, 0.6) is 0 Å². The van der Waals surface area contributed by atoms with Gasteiger partial charge < -0.3 is 24.5 Å². The first-order chi connectivity index (χ1) is 13.7. The number of nitrogens with zero attached hydrogens (tertiary/aromatic N) is 2. The maximum Gasteiger partial charge on any atom is 0.226 e. The highest BCUT2D eigenvalue weighted by Crippen LogP contribution is 2.19. The largest absolute Gasteiger partial charge is 0.444 e. The molecule has 1 saturated heterocycles. The van der Waals surface area contributed by atoms with Crippen molar-refractivity contribution >= 4 is 5.96 Å². The van der Waals surface area contributed by atoms with Gasteiger partial charge in [-0.1, -0.05) is 17.7 Å². The summed E-state index contributed by atoms with van der Waals surface area (Å²) in [5.74, 6) is 1.39. The van der Waals surface area contributed by atoms with Gasteiger partial charge in [0.15, 0.2) is 5.96 Å². The van der Waals surface area contributed by atoms with Crippen LogP contribution in [0, 0.1) is 6.92 Å². The molecule has 2 heterocycles. The van der Waals surface area contributed by atoms with Crippen LogP contribution in [-0.4, -0.2) is 50.0 Å². The Morgan fingerprint density at radius 2 is 2.14 bits per heavy atom. The molecule has 1 fully saturated rings. The van der Waals surface area contributed by atoms with Gasteiger partial charge >= 0.3 is 0 Å². The van der Waals surface area contributed by atoms with Crippen molar-refractivity contribution < 1.29 is 13.9 Å². The van der Waals surface area contributed by atoms with Gasteiger partial charge in [0.1, 0.15) is 12.0 Å². The van der Waals surface area contributed by atoms with Crippen LogP contribution < -0.4 is 10.6 Å². The van der Waals surface area contributed by atoms with Crippen molar-refractivity contribution in [1.82, 2.24) is 15.6 Å². The molecule has 1 aliphatic heterocycles. The normalized spacial score (nSPS) is 17.1. The fraction of sp³-hybridized carbons (Fsp3) is 0.524. The molecule has 152 valence electrons. The first-order valence-electron chi connectivity index (χ1n) is 9.97. The molecule has 1 atom stereocenters. The third-order valence-electron chi connectivity index (χ3n) is 4.45. The second kappa shape index (κ2) is 10.8. The van der Waals surface area contributed by atoms with E-state index in [1.54, 1.807) is 6.26 Å². The highest BCUT2D eigenvalue weighted by atomic mass is 16.5. The topological polar surface area (TPSA) is 80.9 Å². The molecule has 7 heteroatoms. The van der Waals surface area contributed by atoms with Crippen molar-refractivity contribution in [2.45, 2.75) is 39.3 Å². The summed E-state index contributed by atoms with van der Waals surface area (Å²) in [6.45, 7) is 8.43. The van der Waals surface area contributed by atoms with E-state index in [9.17, 15) is 0 Å². The Balaban J connectivity index is 1.45. The molecule has 0 bridgehead atoms. The molecule has 0 saturated carbocycles. The Bertz CT molecular complexity index is 736.